The number of nitrogens with zero attached hydrogens (tertiary/aromatic N) is 1. The molecule has 0 aromatic carbocycles. The first-order valence-electron chi connectivity index (χ1n) is 6.51. The number of hydrogen-bond donors (Lipinski definition) is 2. The number of nitrogens with one attached hydrogen (secondary N) is 1. The molecule has 2 rings (SSSR count). The molecule has 0 aromatic heterocycles. The molecule has 3 atom stereocenters. The Bertz CT molecular complexity index is 206. The van der Waals surface area contributed by atoms with Crippen LogP contribution in [0.5, 0.6) is 0 Å². The van der Waals surface area contributed by atoms with Gasteiger partial charge in [0.05, 0.1) is 13.2 Å². The molecule has 0 radical (unpaired) electrons. The van der Waals surface area contributed by atoms with Crippen LogP contribution in [0.4, 0.5) is 0 Å². The summed E-state index contributed by atoms with van der Waals surface area (Å²) in [6, 6.07) is 0.790. The summed E-state index contributed by atoms with van der Waals surface area (Å²) < 4.78 is 5.46. The van der Waals surface area contributed by atoms with Crippen molar-refractivity contribution in [2.75, 3.05) is 39.9 Å². The van der Waals surface area contributed by atoms with Gasteiger partial charge in [-0.3, -0.25) is 0 Å². The van der Waals surface area contributed by atoms with E-state index in [1.807, 2.05) is 0 Å². The predicted octanol–water partition coefficient (Wildman–Crippen LogP) is 0.0340. The maximum Gasteiger partial charge on any atom is 0.0620 e. The summed E-state index contributed by atoms with van der Waals surface area (Å²) in [5, 5.41) is 3.48. The SMILES string of the molecule is CN1CCCC(C(N)CC2COCCN2)C1. The molecular weight excluding hydrogens is 202 g/mol. The van der Waals surface area contributed by atoms with Crippen LogP contribution in [0.15, 0.2) is 0 Å². The fourth-order valence-electron chi connectivity index (χ4n) is 2.85. The fourth-order valence-corrected chi connectivity index (χ4v) is 2.85. The molecule has 2 fully saturated rings. The largest absolute Gasteiger partial charge is 0.379 e. The smallest absolute Gasteiger partial charge is 0.0620 e. The second kappa shape index (κ2) is 5.96. The monoisotopic (exact) mass is 227 g/mol. The number of piperidine rings is 1. The Kier molecular flexibility index (Phi) is 4.58. The molecule has 0 bridgehead atoms. The standard InChI is InChI=1S/C12H25N3O/c1-15-5-2-3-10(8-15)12(13)7-11-9-16-6-4-14-11/h10-12,14H,2-9,13H2,1H3. The van der Waals surface area contributed by atoms with Crippen LogP contribution in [0.2, 0.25) is 0 Å². The molecule has 3 N–H and O–H groups in total. The van der Waals surface area contributed by atoms with Gasteiger partial charge in [0.15, 0.2) is 0 Å². The minimum atomic E-state index is 0.321. The maximum atomic E-state index is 6.32. The molecule has 2 aliphatic rings. The number of morpholine rings is 1. The summed E-state index contributed by atoms with van der Waals surface area (Å²) in [6.45, 7) is 5.04. The van der Waals surface area contributed by atoms with Gasteiger partial charge in [0.2, 0.25) is 0 Å². The van der Waals surface area contributed by atoms with Crippen molar-refractivity contribution in [1.29, 1.82) is 0 Å². The van der Waals surface area contributed by atoms with E-state index in [2.05, 4.69) is 17.3 Å². The minimum Gasteiger partial charge on any atom is -0.379 e. The molecule has 2 aliphatic heterocycles. The van der Waals surface area contributed by atoms with Crippen molar-refractivity contribution < 1.29 is 4.74 Å². The topological polar surface area (TPSA) is 50.5 Å². The summed E-state index contributed by atoms with van der Waals surface area (Å²) >= 11 is 0. The average Bonchev–Trinajstić information content (AvgIpc) is 2.30. The lowest BCUT2D eigenvalue weighted by atomic mass is 9.88. The van der Waals surface area contributed by atoms with Crippen molar-refractivity contribution in [1.82, 2.24) is 10.2 Å². The Morgan fingerprint density at radius 3 is 3.12 bits per heavy atom. The van der Waals surface area contributed by atoms with Gasteiger partial charge in [-0.2, -0.15) is 0 Å². The lowest BCUT2D eigenvalue weighted by molar-refractivity contribution is 0.0667. The van der Waals surface area contributed by atoms with Gasteiger partial charge >= 0.3 is 0 Å². The van der Waals surface area contributed by atoms with Crippen molar-refractivity contribution in [3.8, 4) is 0 Å². The van der Waals surface area contributed by atoms with Gasteiger partial charge in [-0.15, -0.1) is 0 Å². The van der Waals surface area contributed by atoms with Gasteiger partial charge in [0.25, 0.3) is 0 Å². The van der Waals surface area contributed by atoms with E-state index in [-0.39, 0.29) is 0 Å². The number of ether oxygens (including phenoxy) is 1. The van der Waals surface area contributed by atoms with Gasteiger partial charge in [-0.1, -0.05) is 0 Å². The number of nitrogens with two attached hydrogens (primary N) is 1. The highest BCUT2D eigenvalue weighted by Gasteiger charge is 2.26. The zero-order valence-corrected chi connectivity index (χ0v) is 10.3. The summed E-state index contributed by atoms with van der Waals surface area (Å²) in [5.74, 6) is 0.669. The third-order valence-corrected chi connectivity index (χ3v) is 3.82. The van der Waals surface area contributed by atoms with Crippen molar-refractivity contribution >= 4 is 0 Å². The van der Waals surface area contributed by atoms with Crippen LogP contribution in [0, 0.1) is 5.92 Å². The highest BCUT2D eigenvalue weighted by Crippen LogP contribution is 2.20. The van der Waals surface area contributed by atoms with E-state index in [0.717, 1.165) is 32.7 Å². The van der Waals surface area contributed by atoms with E-state index in [0.29, 0.717) is 18.0 Å². The third kappa shape index (κ3) is 3.42. The zero-order chi connectivity index (χ0) is 11.4. The van der Waals surface area contributed by atoms with Crippen LogP contribution in [0.25, 0.3) is 0 Å². The maximum absolute atomic E-state index is 6.32. The molecule has 0 aromatic rings. The minimum absolute atomic E-state index is 0.321. The normalized spacial score (nSPS) is 34.9. The van der Waals surface area contributed by atoms with Gasteiger partial charge in [-0.25, -0.2) is 0 Å². The molecule has 94 valence electrons. The molecule has 0 spiro atoms. The summed E-state index contributed by atoms with van der Waals surface area (Å²) in [5.41, 5.74) is 6.32. The van der Waals surface area contributed by atoms with E-state index in [1.165, 1.54) is 19.4 Å². The summed E-state index contributed by atoms with van der Waals surface area (Å²) in [4.78, 5) is 2.40. The highest BCUT2D eigenvalue weighted by atomic mass is 16.5. The number of likely N-dealkylation sites (tertiary alicyclic amines) is 1. The molecule has 2 saturated heterocycles. The number of rotatable bonds is 3. The Labute approximate surface area is 98.5 Å². The van der Waals surface area contributed by atoms with E-state index in [9.17, 15) is 0 Å². The Hall–Kier alpha value is -0.160. The average molecular weight is 227 g/mol. The van der Waals surface area contributed by atoms with Crippen LogP contribution >= 0.6 is 0 Å². The van der Waals surface area contributed by atoms with Crippen LogP contribution < -0.4 is 11.1 Å². The van der Waals surface area contributed by atoms with Crippen molar-refractivity contribution in [2.24, 2.45) is 11.7 Å². The second-order valence-corrected chi connectivity index (χ2v) is 5.29. The summed E-state index contributed by atoms with van der Waals surface area (Å²) in [7, 11) is 2.20. The molecule has 2 heterocycles. The molecule has 4 heteroatoms. The van der Waals surface area contributed by atoms with Crippen molar-refractivity contribution in [3.63, 3.8) is 0 Å². The number of hydrogen-bond acceptors (Lipinski definition) is 4. The van der Waals surface area contributed by atoms with E-state index in [1.54, 1.807) is 0 Å². The van der Waals surface area contributed by atoms with Gasteiger partial charge in [-0.05, 0) is 38.8 Å². The van der Waals surface area contributed by atoms with Crippen molar-refractivity contribution in [3.05, 3.63) is 0 Å². The first-order valence-corrected chi connectivity index (χ1v) is 6.51. The second-order valence-electron chi connectivity index (χ2n) is 5.29. The van der Waals surface area contributed by atoms with Crippen LogP contribution in [-0.4, -0.2) is 56.9 Å². The zero-order valence-electron chi connectivity index (χ0n) is 10.3. The Morgan fingerprint density at radius 1 is 1.56 bits per heavy atom. The Morgan fingerprint density at radius 2 is 2.44 bits per heavy atom. The summed E-state index contributed by atoms with van der Waals surface area (Å²) in [6.07, 6.45) is 3.64. The van der Waals surface area contributed by atoms with Crippen LogP contribution in [-0.2, 0) is 4.74 Å². The van der Waals surface area contributed by atoms with Gasteiger partial charge in [0.1, 0.15) is 0 Å². The van der Waals surface area contributed by atoms with Crippen LogP contribution in [0.3, 0.4) is 0 Å². The van der Waals surface area contributed by atoms with E-state index in [4.69, 9.17) is 10.5 Å². The Balaban J connectivity index is 1.75. The lowest BCUT2D eigenvalue weighted by Gasteiger charge is -2.35. The van der Waals surface area contributed by atoms with E-state index < -0.39 is 0 Å². The fraction of sp³-hybridized carbons (Fsp3) is 1.00. The molecule has 4 nitrogen and oxygen atoms in total. The first kappa shape index (κ1) is 12.3. The lowest BCUT2D eigenvalue weighted by Crippen LogP contribution is -2.48. The molecule has 3 unspecified atom stereocenters. The van der Waals surface area contributed by atoms with Gasteiger partial charge < -0.3 is 20.7 Å². The quantitative estimate of drug-likeness (QED) is 0.714. The predicted molar refractivity (Wildman–Crippen MR) is 65.4 cm³/mol. The molecule has 0 aliphatic carbocycles. The van der Waals surface area contributed by atoms with Gasteiger partial charge in [0, 0.05) is 25.2 Å². The molecular formula is C12H25N3O. The molecule has 0 saturated carbocycles. The molecule has 0 amide bonds. The van der Waals surface area contributed by atoms with Crippen molar-refractivity contribution in [2.45, 2.75) is 31.3 Å². The van der Waals surface area contributed by atoms with E-state index >= 15 is 0 Å². The van der Waals surface area contributed by atoms with Crippen LogP contribution in [0.1, 0.15) is 19.3 Å². The first-order chi connectivity index (χ1) is 7.75. The molecule has 16 heavy (non-hydrogen) atoms. The highest BCUT2D eigenvalue weighted by molar-refractivity contribution is 4.84. The third-order valence-electron chi connectivity index (χ3n) is 3.82.